The molecule has 2 aliphatic rings. The van der Waals surface area contributed by atoms with Gasteiger partial charge in [-0.2, -0.15) is 0 Å². The molecule has 1 aromatic carbocycles. The standard InChI is InChI=1S/C21H26ClN5O2/c1-26(2)10-11-27(3)17-7-5-4-6-16(17)24-18(28)12-14-8-9-15-13-23-25-21(22)19(15)20(14)29/h4-9,13-14,23,25H,10-12H2,1-3H3,(H,24,28). The summed E-state index contributed by atoms with van der Waals surface area (Å²) in [7, 11) is 6.04. The maximum atomic E-state index is 12.8. The molecule has 3 rings (SSSR count). The van der Waals surface area contributed by atoms with Crippen LogP contribution in [0.25, 0.3) is 0 Å². The molecule has 0 saturated heterocycles. The number of benzene rings is 1. The molecule has 1 aromatic rings. The van der Waals surface area contributed by atoms with Gasteiger partial charge in [0.1, 0.15) is 5.16 Å². The first-order chi connectivity index (χ1) is 13.9. The fourth-order valence-corrected chi connectivity index (χ4v) is 3.51. The number of hydrazine groups is 1. The van der Waals surface area contributed by atoms with E-state index in [4.69, 9.17) is 11.6 Å². The third-order valence-corrected chi connectivity index (χ3v) is 5.17. The highest BCUT2D eigenvalue weighted by atomic mass is 35.5. The molecule has 1 aliphatic heterocycles. The number of nitrogens with one attached hydrogen (secondary N) is 3. The van der Waals surface area contributed by atoms with Crippen molar-refractivity contribution in [2.75, 3.05) is 44.4 Å². The third kappa shape index (κ3) is 4.99. The van der Waals surface area contributed by atoms with Gasteiger partial charge in [-0.1, -0.05) is 35.9 Å². The van der Waals surface area contributed by atoms with Crippen molar-refractivity contribution in [1.82, 2.24) is 15.8 Å². The molecule has 3 N–H and O–H groups in total. The Hall–Kier alpha value is -2.77. The predicted molar refractivity (Wildman–Crippen MR) is 116 cm³/mol. The van der Waals surface area contributed by atoms with Crippen LogP contribution in [0.3, 0.4) is 0 Å². The minimum atomic E-state index is -0.547. The largest absolute Gasteiger partial charge is 0.372 e. The lowest BCUT2D eigenvalue weighted by Gasteiger charge is -2.26. The van der Waals surface area contributed by atoms with Crippen molar-refractivity contribution in [1.29, 1.82) is 0 Å². The summed E-state index contributed by atoms with van der Waals surface area (Å²) in [6.45, 7) is 1.72. The van der Waals surface area contributed by atoms with E-state index in [0.29, 0.717) is 11.1 Å². The smallest absolute Gasteiger partial charge is 0.225 e. The third-order valence-electron chi connectivity index (χ3n) is 4.89. The van der Waals surface area contributed by atoms with Gasteiger partial charge in [0.05, 0.1) is 16.9 Å². The molecule has 1 heterocycles. The topological polar surface area (TPSA) is 76.7 Å². The van der Waals surface area contributed by atoms with E-state index in [2.05, 4.69) is 26.0 Å². The van der Waals surface area contributed by atoms with Crippen molar-refractivity contribution in [3.05, 3.63) is 58.9 Å². The fourth-order valence-electron chi connectivity index (χ4n) is 3.26. The first-order valence-corrected chi connectivity index (χ1v) is 9.83. The van der Waals surface area contributed by atoms with Gasteiger partial charge in [0.2, 0.25) is 5.91 Å². The van der Waals surface area contributed by atoms with Gasteiger partial charge in [-0.05, 0) is 26.2 Å². The van der Waals surface area contributed by atoms with Gasteiger partial charge in [-0.3, -0.25) is 15.0 Å². The summed E-state index contributed by atoms with van der Waals surface area (Å²) in [4.78, 5) is 29.7. The minimum absolute atomic E-state index is 0.0550. The van der Waals surface area contributed by atoms with Gasteiger partial charge in [0.25, 0.3) is 0 Å². The zero-order valence-electron chi connectivity index (χ0n) is 16.8. The fraction of sp³-hybridized carbons (Fsp3) is 0.333. The van der Waals surface area contributed by atoms with Gasteiger partial charge >= 0.3 is 0 Å². The number of allylic oxidation sites excluding steroid dienone is 4. The molecule has 0 fully saturated rings. The molecule has 0 spiro atoms. The number of nitrogens with zero attached hydrogens (tertiary/aromatic N) is 2. The van der Waals surface area contributed by atoms with E-state index in [1.165, 1.54) is 0 Å². The highest BCUT2D eigenvalue weighted by molar-refractivity contribution is 6.32. The maximum Gasteiger partial charge on any atom is 0.225 e. The SMILES string of the molecule is CN(C)CCN(C)c1ccccc1NC(=O)CC1C=CC2=CNNC(Cl)=C2C1=O. The molecule has 0 radical (unpaired) electrons. The Balaban J connectivity index is 1.69. The van der Waals surface area contributed by atoms with E-state index in [1.54, 1.807) is 12.3 Å². The van der Waals surface area contributed by atoms with E-state index in [9.17, 15) is 9.59 Å². The zero-order chi connectivity index (χ0) is 21.0. The Labute approximate surface area is 176 Å². The molecule has 1 atom stereocenters. The Morgan fingerprint density at radius 1 is 1.21 bits per heavy atom. The van der Waals surface area contributed by atoms with E-state index in [0.717, 1.165) is 24.5 Å². The minimum Gasteiger partial charge on any atom is -0.372 e. The average Bonchev–Trinajstić information content (AvgIpc) is 2.68. The molecule has 0 bridgehead atoms. The summed E-state index contributed by atoms with van der Waals surface area (Å²) in [6, 6.07) is 7.66. The zero-order valence-corrected chi connectivity index (χ0v) is 17.6. The predicted octanol–water partition coefficient (Wildman–Crippen LogP) is 2.21. The second-order valence-electron chi connectivity index (χ2n) is 7.38. The normalized spacial score (nSPS) is 18.0. The lowest BCUT2D eigenvalue weighted by Crippen LogP contribution is -2.34. The molecule has 7 nitrogen and oxygen atoms in total. The Morgan fingerprint density at radius 3 is 2.72 bits per heavy atom. The molecule has 1 unspecified atom stereocenters. The summed E-state index contributed by atoms with van der Waals surface area (Å²) < 4.78 is 0. The van der Waals surface area contributed by atoms with Crippen LogP contribution in [0.5, 0.6) is 0 Å². The van der Waals surface area contributed by atoms with E-state index < -0.39 is 5.92 Å². The quantitative estimate of drug-likeness (QED) is 0.593. The molecule has 29 heavy (non-hydrogen) atoms. The van der Waals surface area contributed by atoms with Gasteiger partial charge in [-0.15, -0.1) is 0 Å². The number of carbonyl (C=O) groups is 2. The molecule has 0 aromatic heterocycles. The van der Waals surface area contributed by atoms with Gasteiger partial charge in [0.15, 0.2) is 5.78 Å². The molecule has 154 valence electrons. The van der Waals surface area contributed by atoms with Crippen LogP contribution in [0.4, 0.5) is 11.4 Å². The summed E-state index contributed by atoms with van der Waals surface area (Å²) in [6.07, 6.45) is 5.29. The van der Waals surface area contributed by atoms with Crippen molar-refractivity contribution < 1.29 is 9.59 Å². The van der Waals surface area contributed by atoms with Gasteiger partial charge in [-0.25, -0.2) is 0 Å². The lowest BCUT2D eigenvalue weighted by atomic mass is 9.85. The van der Waals surface area contributed by atoms with Crippen LogP contribution < -0.4 is 21.1 Å². The second kappa shape index (κ2) is 9.15. The van der Waals surface area contributed by atoms with E-state index >= 15 is 0 Å². The van der Waals surface area contributed by atoms with Gasteiger partial charge in [0, 0.05) is 44.2 Å². The maximum absolute atomic E-state index is 12.8. The molecular weight excluding hydrogens is 390 g/mol. The molecular formula is C21H26ClN5O2. The molecule has 8 heteroatoms. The number of halogens is 1. The van der Waals surface area contributed by atoms with Crippen LogP contribution in [0.1, 0.15) is 6.42 Å². The number of ketones is 1. The monoisotopic (exact) mass is 415 g/mol. The number of anilines is 2. The highest BCUT2D eigenvalue weighted by Gasteiger charge is 2.31. The highest BCUT2D eigenvalue weighted by Crippen LogP contribution is 2.31. The number of hydrogen-bond donors (Lipinski definition) is 3. The van der Waals surface area contributed by atoms with E-state index in [-0.39, 0.29) is 23.3 Å². The van der Waals surface area contributed by atoms with Crippen molar-refractivity contribution in [2.24, 2.45) is 5.92 Å². The van der Waals surface area contributed by atoms with Crippen LogP contribution in [0.2, 0.25) is 0 Å². The lowest BCUT2D eigenvalue weighted by molar-refractivity contribution is -0.123. The van der Waals surface area contributed by atoms with Crippen molar-refractivity contribution in [2.45, 2.75) is 6.42 Å². The number of fused-ring (bicyclic) bond motifs is 1. The number of hydrogen-bond acceptors (Lipinski definition) is 6. The van der Waals surface area contributed by atoms with Crippen molar-refractivity contribution in [3.63, 3.8) is 0 Å². The molecule has 0 saturated carbocycles. The number of carbonyl (C=O) groups excluding carboxylic acids is 2. The number of para-hydroxylation sites is 2. The van der Waals surface area contributed by atoms with Crippen LogP contribution in [-0.2, 0) is 9.59 Å². The Kier molecular flexibility index (Phi) is 6.61. The summed E-state index contributed by atoms with van der Waals surface area (Å²) in [5.41, 5.74) is 8.29. The Morgan fingerprint density at radius 2 is 1.97 bits per heavy atom. The van der Waals surface area contributed by atoms with Crippen LogP contribution in [-0.4, -0.2) is 50.8 Å². The molecule has 1 aliphatic carbocycles. The average molecular weight is 416 g/mol. The first-order valence-electron chi connectivity index (χ1n) is 9.46. The summed E-state index contributed by atoms with van der Waals surface area (Å²) in [5, 5.41) is 3.20. The van der Waals surface area contributed by atoms with Crippen molar-refractivity contribution in [3.8, 4) is 0 Å². The van der Waals surface area contributed by atoms with Crippen LogP contribution in [0.15, 0.2) is 58.9 Å². The second-order valence-corrected chi connectivity index (χ2v) is 7.76. The Bertz CT molecular complexity index is 891. The van der Waals surface area contributed by atoms with E-state index in [1.807, 2.05) is 51.5 Å². The molecule has 1 amide bonds. The number of amides is 1. The summed E-state index contributed by atoms with van der Waals surface area (Å²) >= 11 is 6.13. The number of Topliss-reactive ketones (excluding diaryl/α,β-unsaturated/α-hetero) is 1. The van der Waals surface area contributed by atoms with Gasteiger partial charge < -0.3 is 20.5 Å². The first kappa shape index (κ1) is 21.0. The van der Waals surface area contributed by atoms with Crippen LogP contribution in [0, 0.1) is 5.92 Å². The number of likely N-dealkylation sites (N-methyl/N-ethyl adjacent to an activating group) is 2. The summed E-state index contributed by atoms with van der Waals surface area (Å²) in [5.74, 6) is -0.925. The number of rotatable bonds is 7. The van der Waals surface area contributed by atoms with Crippen LogP contribution >= 0.6 is 11.6 Å². The van der Waals surface area contributed by atoms with Crippen molar-refractivity contribution >= 4 is 34.7 Å².